The summed E-state index contributed by atoms with van der Waals surface area (Å²) in [7, 11) is 1.50. The predicted molar refractivity (Wildman–Crippen MR) is 134 cm³/mol. The monoisotopic (exact) mass is 452 g/mol. The van der Waals surface area contributed by atoms with Crippen LogP contribution in [0.1, 0.15) is 26.3 Å². The van der Waals surface area contributed by atoms with Crippen molar-refractivity contribution in [2.75, 3.05) is 7.05 Å². The molecule has 6 rings (SSSR count). The van der Waals surface area contributed by atoms with E-state index in [1.807, 2.05) is 53.1 Å². The number of imide groups is 1. The molecule has 1 aliphatic rings. The molecule has 164 valence electrons. The van der Waals surface area contributed by atoms with Crippen LogP contribution in [0.4, 0.5) is 5.69 Å². The SMILES string of the molecule is [C-]#[N+]c1cc(C#N)cc(-c2cccc3c2c2ccccc2n3-c2cccc3c2C(=O)N(C)C3=O)c1. The summed E-state index contributed by atoms with van der Waals surface area (Å²) in [5.41, 5.74) is 5.63. The molecule has 2 amide bonds. The molecule has 0 saturated heterocycles. The number of hydrogen-bond donors (Lipinski definition) is 0. The quantitative estimate of drug-likeness (QED) is 0.240. The van der Waals surface area contributed by atoms with Gasteiger partial charge in [-0.2, -0.15) is 5.26 Å². The van der Waals surface area contributed by atoms with Crippen LogP contribution in [-0.4, -0.2) is 28.3 Å². The van der Waals surface area contributed by atoms with Crippen molar-refractivity contribution in [1.82, 2.24) is 9.47 Å². The fourth-order valence-corrected chi connectivity index (χ4v) is 4.99. The number of amides is 2. The van der Waals surface area contributed by atoms with Gasteiger partial charge in [-0.25, -0.2) is 4.85 Å². The van der Waals surface area contributed by atoms with Crippen LogP contribution in [0.25, 0.3) is 43.5 Å². The molecule has 0 aliphatic carbocycles. The van der Waals surface area contributed by atoms with E-state index >= 15 is 0 Å². The zero-order valence-electron chi connectivity index (χ0n) is 18.6. The third-order valence-electron chi connectivity index (χ3n) is 6.52. The van der Waals surface area contributed by atoms with Gasteiger partial charge in [0.25, 0.3) is 11.8 Å². The molecule has 6 nitrogen and oxygen atoms in total. The minimum Gasteiger partial charge on any atom is -0.308 e. The number of rotatable bonds is 2. The molecule has 0 fully saturated rings. The summed E-state index contributed by atoms with van der Waals surface area (Å²) in [6.45, 7) is 7.46. The maximum atomic E-state index is 13.1. The molecule has 5 aromatic rings. The molecule has 0 radical (unpaired) electrons. The molecular weight excluding hydrogens is 436 g/mol. The first kappa shape index (κ1) is 20.4. The van der Waals surface area contributed by atoms with Crippen LogP contribution in [0, 0.1) is 17.9 Å². The number of aromatic nitrogens is 1. The van der Waals surface area contributed by atoms with Crippen LogP contribution in [0.2, 0.25) is 0 Å². The van der Waals surface area contributed by atoms with E-state index in [1.165, 1.54) is 7.05 Å². The first-order chi connectivity index (χ1) is 17.0. The zero-order valence-corrected chi connectivity index (χ0v) is 18.6. The minimum absolute atomic E-state index is 0.312. The van der Waals surface area contributed by atoms with E-state index < -0.39 is 0 Å². The van der Waals surface area contributed by atoms with Crippen LogP contribution in [0.3, 0.4) is 0 Å². The number of carbonyl (C=O) groups excluding carboxylic acids is 2. The van der Waals surface area contributed by atoms with Crippen molar-refractivity contribution in [3.8, 4) is 22.9 Å². The van der Waals surface area contributed by atoms with E-state index in [0.29, 0.717) is 28.1 Å². The number of benzene rings is 4. The van der Waals surface area contributed by atoms with Gasteiger partial charge in [0.2, 0.25) is 0 Å². The highest BCUT2D eigenvalue weighted by Crippen LogP contribution is 2.41. The standard InChI is InChI=1S/C29H16N4O2/c1-31-19-14-17(16-30)13-18(15-19)20-8-5-11-24-26(20)21-7-3-4-10-23(21)33(24)25-12-6-9-22-27(25)29(35)32(2)28(22)34/h3-15H,2H3. The molecule has 0 saturated carbocycles. The number of carbonyl (C=O) groups is 2. The van der Waals surface area contributed by atoms with E-state index in [9.17, 15) is 14.9 Å². The predicted octanol–water partition coefficient (Wildman–Crippen LogP) is 6.10. The maximum absolute atomic E-state index is 13.1. The first-order valence-electron chi connectivity index (χ1n) is 10.9. The highest BCUT2D eigenvalue weighted by molar-refractivity contribution is 6.24. The lowest BCUT2D eigenvalue weighted by Crippen LogP contribution is -2.24. The van der Waals surface area contributed by atoms with Crippen molar-refractivity contribution in [3.63, 3.8) is 0 Å². The first-order valence-corrected chi connectivity index (χ1v) is 10.9. The summed E-state index contributed by atoms with van der Waals surface area (Å²) < 4.78 is 2.02. The molecule has 35 heavy (non-hydrogen) atoms. The lowest BCUT2D eigenvalue weighted by Gasteiger charge is -2.12. The summed E-state index contributed by atoms with van der Waals surface area (Å²) in [5.74, 6) is -0.639. The minimum atomic E-state index is -0.328. The van der Waals surface area contributed by atoms with Gasteiger partial charge in [0.15, 0.2) is 5.69 Å². The van der Waals surface area contributed by atoms with E-state index in [1.54, 1.807) is 30.3 Å². The van der Waals surface area contributed by atoms with Crippen LogP contribution >= 0.6 is 0 Å². The summed E-state index contributed by atoms with van der Waals surface area (Å²) in [6, 6.07) is 26.4. The van der Waals surface area contributed by atoms with Gasteiger partial charge < -0.3 is 4.57 Å². The van der Waals surface area contributed by atoms with Crippen molar-refractivity contribution in [3.05, 3.63) is 107 Å². The lowest BCUT2D eigenvalue weighted by atomic mass is 9.97. The Hall–Kier alpha value is -5.20. The van der Waals surface area contributed by atoms with Gasteiger partial charge in [0, 0.05) is 23.4 Å². The zero-order chi connectivity index (χ0) is 24.3. The number of para-hydroxylation sites is 1. The summed E-state index contributed by atoms with van der Waals surface area (Å²) >= 11 is 0. The second-order valence-electron chi connectivity index (χ2n) is 8.41. The summed E-state index contributed by atoms with van der Waals surface area (Å²) in [6.07, 6.45) is 0. The van der Waals surface area contributed by atoms with Crippen molar-refractivity contribution >= 4 is 39.3 Å². The molecule has 0 N–H and O–H groups in total. The molecule has 0 spiro atoms. The molecule has 0 atom stereocenters. The second kappa shape index (κ2) is 7.41. The second-order valence-corrected chi connectivity index (χ2v) is 8.41. The number of nitriles is 1. The Bertz CT molecular complexity index is 1800. The topological polar surface area (TPSA) is 70.5 Å². The summed E-state index contributed by atoms with van der Waals surface area (Å²) in [5, 5.41) is 11.4. The van der Waals surface area contributed by atoms with Gasteiger partial charge in [-0.05, 0) is 53.6 Å². The lowest BCUT2D eigenvalue weighted by molar-refractivity contribution is 0.0693. The third-order valence-corrected chi connectivity index (χ3v) is 6.52. The molecular formula is C29H16N4O2. The molecule has 2 heterocycles. The van der Waals surface area contributed by atoms with Crippen molar-refractivity contribution in [2.45, 2.75) is 0 Å². The Balaban J connectivity index is 1.74. The smallest absolute Gasteiger partial charge is 0.263 e. The fraction of sp³-hybridized carbons (Fsp3) is 0.0345. The van der Waals surface area contributed by atoms with Gasteiger partial charge in [-0.1, -0.05) is 36.4 Å². The van der Waals surface area contributed by atoms with Crippen LogP contribution in [-0.2, 0) is 0 Å². The van der Waals surface area contributed by atoms with E-state index in [0.717, 1.165) is 37.8 Å². The maximum Gasteiger partial charge on any atom is 0.263 e. The molecule has 1 aliphatic heterocycles. The van der Waals surface area contributed by atoms with E-state index in [2.05, 4.69) is 10.9 Å². The van der Waals surface area contributed by atoms with Gasteiger partial charge in [-0.15, -0.1) is 0 Å². The van der Waals surface area contributed by atoms with Gasteiger partial charge in [-0.3, -0.25) is 14.5 Å². The summed E-state index contributed by atoms with van der Waals surface area (Å²) in [4.78, 5) is 30.4. The van der Waals surface area contributed by atoms with Gasteiger partial charge in [0.1, 0.15) is 0 Å². The Morgan fingerprint density at radius 2 is 1.60 bits per heavy atom. The fourth-order valence-electron chi connectivity index (χ4n) is 4.99. The van der Waals surface area contributed by atoms with E-state index in [4.69, 9.17) is 6.57 Å². The number of fused-ring (bicyclic) bond motifs is 4. The highest BCUT2D eigenvalue weighted by Gasteiger charge is 2.35. The van der Waals surface area contributed by atoms with Crippen LogP contribution in [0.15, 0.2) is 78.9 Å². The van der Waals surface area contributed by atoms with Crippen molar-refractivity contribution < 1.29 is 9.59 Å². The Labute approximate surface area is 200 Å². The normalized spacial score (nSPS) is 12.7. The molecule has 0 bridgehead atoms. The van der Waals surface area contributed by atoms with Crippen LogP contribution in [0.5, 0.6) is 0 Å². The molecule has 6 heteroatoms. The molecule has 0 unspecified atom stereocenters. The van der Waals surface area contributed by atoms with Crippen molar-refractivity contribution in [1.29, 1.82) is 5.26 Å². The average molecular weight is 452 g/mol. The number of hydrogen-bond acceptors (Lipinski definition) is 3. The van der Waals surface area contributed by atoms with Crippen LogP contribution < -0.4 is 0 Å². The average Bonchev–Trinajstić information content (AvgIpc) is 3.35. The Kier molecular flexibility index (Phi) is 4.32. The Morgan fingerprint density at radius 3 is 2.40 bits per heavy atom. The molecule has 1 aromatic heterocycles. The van der Waals surface area contributed by atoms with Gasteiger partial charge in [0.05, 0.1) is 40.5 Å². The molecule has 4 aromatic carbocycles. The largest absolute Gasteiger partial charge is 0.308 e. The van der Waals surface area contributed by atoms with E-state index in [-0.39, 0.29) is 11.8 Å². The number of nitrogens with zero attached hydrogens (tertiary/aromatic N) is 4. The van der Waals surface area contributed by atoms with Crippen molar-refractivity contribution in [2.24, 2.45) is 0 Å². The third kappa shape index (κ3) is 2.81. The highest BCUT2D eigenvalue weighted by atomic mass is 16.2. The Morgan fingerprint density at radius 1 is 0.857 bits per heavy atom. The van der Waals surface area contributed by atoms with Gasteiger partial charge >= 0.3 is 0 Å².